The average molecular weight is 458 g/mol. The number of hydrogen-bond donors (Lipinski definition) is 0. The third-order valence-corrected chi connectivity index (χ3v) is 6.76. The Morgan fingerprint density at radius 3 is 2.39 bits per heavy atom. The van der Waals surface area contributed by atoms with Crippen molar-refractivity contribution in [2.45, 2.75) is 24.9 Å². The third kappa shape index (κ3) is 3.73. The van der Waals surface area contributed by atoms with Crippen LogP contribution in [0.5, 0.6) is 0 Å². The summed E-state index contributed by atoms with van der Waals surface area (Å²) in [7, 11) is 1.27. The molecule has 1 saturated carbocycles. The molecule has 3 heterocycles. The van der Waals surface area contributed by atoms with Crippen LogP contribution in [0, 0.1) is 11.8 Å². The number of amides is 1. The molecule has 0 bridgehead atoms. The molecule has 3 atom stereocenters. The lowest BCUT2D eigenvalue weighted by molar-refractivity contribution is -0.138. The van der Waals surface area contributed by atoms with Crippen molar-refractivity contribution < 1.29 is 27.5 Å². The topological polar surface area (TPSA) is 76.8 Å². The molecule has 1 amide bonds. The van der Waals surface area contributed by atoms with Crippen LogP contribution in [0.25, 0.3) is 5.65 Å². The molecule has 2 fully saturated rings. The first-order chi connectivity index (χ1) is 15.8. The molecular weight excluding hydrogens is 437 g/mol. The van der Waals surface area contributed by atoms with Crippen LogP contribution in [-0.4, -0.2) is 51.6 Å². The molecular formula is C23H21F3N4O3. The monoisotopic (exact) mass is 458 g/mol. The van der Waals surface area contributed by atoms with Crippen molar-refractivity contribution in [3.8, 4) is 0 Å². The van der Waals surface area contributed by atoms with Gasteiger partial charge in [0.1, 0.15) is 0 Å². The van der Waals surface area contributed by atoms with Gasteiger partial charge in [-0.1, -0.05) is 18.2 Å². The fourth-order valence-electron chi connectivity index (χ4n) is 5.25. The number of ether oxygens (including phenoxy) is 1. The predicted octanol–water partition coefficient (Wildman–Crippen LogP) is 3.80. The molecule has 1 aromatic carbocycles. The molecule has 172 valence electrons. The molecule has 2 aliphatic rings. The Hall–Kier alpha value is -3.43. The van der Waals surface area contributed by atoms with Gasteiger partial charge in [0.05, 0.1) is 18.2 Å². The average Bonchev–Trinajstić information content (AvgIpc) is 3.50. The van der Waals surface area contributed by atoms with Gasteiger partial charge in [-0.3, -0.25) is 9.20 Å². The van der Waals surface area contributed by atoms with Crippen LogP contribution >= 0.6 is 0 Å². The maximum atomic E-state index is 13.4. The highest BCUT2D eigenvalue weighted by Crippen LogP contribution is 2.49. The number of benzene rings is 1. The van der Waals surface area contributed by atoms with Crippen molar-refractivity contribution in [2.24, 2.45) is 11.8 Å². The zero-order valence-corrected chi connectivity index (χ0v) is 17.7. The number of rotatable bonds is 3. The van der Waals surface area contributed by atoms with Crippen molar-refractivity contribution in [3.63, 3.8) is 0 Å². The van der Waals surface area contributed by atoms with Gasteiger partial charge in [-0.05, 0) is 54.4 Å². The van der Waals surface area contributed by atoms with Gasteiger partial charge in [0.25, 0.3) is 5.91 Å². The number of carbonyl (C=O) groups is 2. The van der Waals surface area contributed by atoms with Gasteiger partial charge >= 0.3 is 12.1 Å². The molecule has 1 aliphatic heterocycles. The number of aromatic nitrogens is 3. The Bertz CT molecular complexity index is 1230. The molecule has 3 aromatic rings. The van der Waals surface area contributed by atoms with E-state index in [0.717, 1.165) is 6.07 Å². The second-order valence-corrected chi connectivity index (χ2v) is 8.64. The van der Waals surface area contributed by atoms with Gasteiger partial charge in [0.2, 0.25) is 5.82 Å². The number of esters is 1. The minimum atomic E-state index is -4.38. The Morgan fingerprint density at radius 2 is 1.73 bits per heavy atom. The summed E-state index contributed by atoms with van der Waals surface area (Å²) in [5, 5.41) is 8.01. The van der Waals surface area contributed by atoms with Crippen LogP contribution in [-0.2, 0) is 10.9 Å². The summed E-state index contributed by atoms with van der Waals surface area (Å²) >= 11 is 0. The van der Waals surface area contributed by atoms with E-state index in [1.165, 1.54) is 23.8 Å². The Balaban J connectivity index is 1.33. The number of nitrogens with zero attached hydrogens (tertiary/aromatic N) is 4. The SMILES string of the molecule is COC(=O)c1ccc2nnc(C(=O)N3C[C@H]4CC(c5ccccc5C(F)(F)F)C[C@H]4C3)n2c1. The first-order valence-electron chi connectivity index (χ1n) is 10.6. The second-order valence-electron chi connectivity index (χ2n) is 8.64. The summed E-state index contributed by atoms with van der Waals surface area (Å²) in [6.07, 6.45) is -1.70. The zero-order chi connectivity index (χ0) is 23.3. The van der Waals surface area contributed by atoms with Crippen molar-refractivity contribution in [2.75, 3.05) is 20.2 Å². The third-order valence-electron chi connectivity index (χ3n) is 6.76. The van der Waals surface area contributed by atoms with Gasteiger partial charge in [0.15, 0.2) is 5.65 Å². The molecule has 33 heavy (non-hydrogen) atoms. The molecule has 0 radical (unpaired) electrons. The molecule has 1 unspecified atom stereocenters. The quantitative estimate of drug-likeness (QED) is 0.558. The molecule has 0 spiro atoms. The lowest BCUT2D eigenvalue weighted by atomic mass is 9.91. The van der Waals surface area contributed by atoms with Gasteiger partial charge in [-0.2, -0.15) is 13.2 Å². The molecule has 2 aromatic heterocycles. The van der Waals surface area contributed by atoms with E-state index < -0.39 is 17.7 Å². The van der Waals surface area contributed by atoms with E-state index in [2.05, 4.69) is 10.2 Å². The van der Waals surface area contributed by atoms with E-state index in [4.69, 9.17) is 4.74 Å². The number of alkyl halides is 3. The lowest BCUT2D eigenvalue weighted by Crippen LogP contribution is -2.31. The van der Waals surface area contributed by atoms with E-state index in [1.807, 2.05) is 0 Å². The van der Waals surface area contributed by atoms with E-state index >= 15 is 0 Å². The number of fused-ring (bicyclic) bond motifs is 2. The fraction of sp³-hybridized carbons (Fsp3) is 0.391. The van der Waals surface area contributed by atoms with Crippen molar-refractivity contribution >= 4 is 17.5 Å². The first kappa shape index (κ1) is 21.4. The summed E-state index contributed by atoms with van der Waals surface area (Å²) in [4.78, 5) is 26.7. The van der Waals surface area contributed by atoms with Crippen LogP contribution in [0.15, 0.2) is 42.6 Å². The summed E-state index contributed by atoms with van der Waals surface area (Å²) in [5.74, 6) is -0.674. The highest BCUT2D eigenvalue weighted by Gasteiger charge is 2.45. The van der Waals surface area contributed by atoms with Crippen LogP contribution in [0.4, 0.5) is 13.2 Å². The van der Waals surface area contributed by atoms with E-state index in [1.54, 1.807) is 29.2 Å². The predicted molar refractivity (Wildman–Crippen MR) is 111 cm³/mol. The Morgan fingerprint density at radius 1 is 1.03 bits per heavy atom. The number of pyridine rings is 1. The van der Waals surface area contributed by atoms with Gasteiger partial charge < -0.3 is 9.64 Å². The van der Waals surface area contributed by atoms with Gasteiger partial charge in [0, 0.05) is 19.3 Å². The van der Waals surface area contributed by atoms with Crippen LogP contribution in [0.1, 0.15) is 50.9 Å². The normalized spacial score (nSPS) is 22.5. The van der Waals surface area contributed by atoms with Crippen molar-refractivity contribution in [1.29, 1.82) is 0 Å². The van der Waals surface area contributed by atoms with Crippen LogP contribution in [0.3, 0.4) is 0 Å². The summed E-state index contributed by atoms with van der Waals surface area (Å²) in [6, 6.07) is 8.89. The maximum absolute atomic E-state index is 13.4. The number of hydrogen-bond acceptors (Lipinski definition) is 5. The smallest absolute Gasteiger partial charge is 0.416 e. The fourth-order valence-corrected chi connectivity index (χ4v) is 5.25. The highest BCUT2D eigenvalue weighted by molar-refractivity contribution is 5.93. The first-order valence-corrected chi connectivity index (χ1v) is 10.6. The zero-order valence-electron chi connectivity index (χ0n) is 17.7. The molecule has 7 nitrogen and oxygen atoms in total. The standard InChI is InChI=1S/C23H21F3N4O3/c1-33-22(32)13-6-7-19-27-28-20(30(19)12-13)21(31)29-10-15-8-14(9-16(15)11-29)17-4-2-3-5-18(17)23(24,25)26/h2-7,12,14-16H,8-11H2,1H3/t14?,15-,16+. The number of likely N-dealkylation sites (tertiary alicyclic amines) is 1. The summed E-state index contributed by atoms with van der Waals surface area (Å²) in [5.41, 5.74) is 0.466. The minimum absolute atomic E-state index is 0.0923. The Labute approximate surface area is 187 Å². The van der Waals surface area contributed by atoms with Gasteiger partial charge in [-0.15, -0.1) is 10.2 Å². The molecule has 0 N–H and O–H groups in total. The number of halogens is 3. The highest BCUT2D eigenvalue weighted by atomic mass is 19.4. The van der Waals surface area contributed by atoms with Crippen molar-refractivity contribution in [1.82, 2.24) is 19.5 Å². The van der Waals surface area contributed by atoms with Crippen molar-refractivity contribution in [3.05, 3.63) is 65.1 Å². The van der Waals surface area contributed by atoms with Crippen LogP contribution in [0.2, 0.25) is 0 Å². The largest absolute Gasteiger partial charge is 0.465 e. The van der Waals surface area contributed by atoms with E-state index in [9.17, 15) is 22.8 Å². The second kappa shape index (κ2) is 7.86. The lowest BCUT2D eigenvalue weighted by Gasteiger charge is -2.21. The summed E-state index contributed by atoms with van der Waals surface area (Å²) in [6.45, 7) is 0.916. The van der Waals surface area contributed by atoms with E-state index in [-0.39, 0.29) is 35.0 Å². The Kier molecular flexibility index (Phi) is 5.10. The minimum Gasteiger partial charge on any atom is -0.465 e. The maximum Gasteiger partial charge on any atom is 0.416 e. The molecule has 10 heteroatoms. The molecule has 5 rings (SSSR count). The van der Waals surface area contributed by atoms with Gasteiger partial charge in [-0.25, -0.2) is 4.79 Å². The van der Waals surface area contributed by atoms with E-state index in [0.29, 0.717) is 37.1 Å². The molecule has 1 aliphatic carbocycles. The summed E-state index contributed by atoms with van der Waals surface area (Å²) < 4.78 is 46.5. The number of carbonyl (C=O) groups excluding carboxylic acids is 2. The molecule has 1 saturated heterocycles. The number of methoxy groups -OCH3 is 1. The van der Waals surface area contributed by atoms with Crippen LogP contribution < -0.4 is 0 Å².